The van der Waals surface area contributed by atoms with Gasteiger partial charge in [0.25, 0.3) is 0 Å². The molecule has 0 saturated carbocycles. The number of fused-ring (bicyclic) bond motifs is 1. The van der Waals surface area contributed by atoms with E-state index in [4.69, 9.17) is 14.3 Å². The Balaban J connectivity index is 2.01. The number of hydrogen-bond acceptors (Lipinski definition) is 7. The number of carboxylic acid groups (broad SMARTS) is 1. The van der Waals surface area contributed by atoms with Crippen LogP contribution in [-0.2, 0) is 4.79 Å². The number of carbonyl (C=O) groups is 1. The summed E-state index contributed by atoms with van der Waals surface area (Å²) in [5.74, 6) is -0.852. The highest BCUT2D eigenvalue weighted by molar-refractivity contribution is 5.85. The Kier molecular flexibility index (Phi) is 6.37. The Labute approximate surface area is 154 Å². The van der Waals surface area contributed by atoms with Crippen LogP contribution < -0.4 is 10.4 Å². The Hall–Kier alpha value is -2.68. The van der Waals surface area contributed by atoms with E-state index in [1.54, 1.807) is 18.2 Å². The van der Waals surface area contributed by atoms with Gasteiger partial charge in [0.2, 0.25) is 0 Å². The molecule has 1 aromatic heterocycles. The van der Waals surface area contributed by atoms with Crippen LogP contribution in [0.2, 0.25) is 0 Å². The molecule has 4 N–H and O–H groups in total. The summed E-state index contributed by atoms with van der Waals surface area (Å²) in [6, 6.07) is 7.71. The lowest BCUT2D eigenvalue weighted by atomic mass is 9.92. The van der Waals surface area contributed by atoms with Gasteiger partial charge in [0, 0.05) is 29.5 Å². The summed E-state index contributed by atoms with van der Waals surface area (Å²) in [6.07, 6.45) is -1.80. The van der Waals surface area contributed by atoms with Crippen LogP contribution in [0, 0.1) is 0 Å². The summed E-state index contributed by atoms with van der Waals surface area (Å²) in [6.45, 7) is 2.34. The van der Waals surface area contributed by atoms with Crippen LogP contribution >= 0.6 is 0 Å². The molecule has 1 heterocycles. The fourth-order valence-electron chi connectivity index (χ4n) is 2.46. The molecule has 3 atom stereocenters. The van der Waals surface area contributed by atoms with Gasteiger partial charge in [-0.1, -0.05) is 0 Å². The Bertz CT molecular complexity index is 896. The molecule has 2 aromatic rings. The number of rotatable bonds is 8. The number of aliphatic carboxylic acids is 1. The van der Waals surface area contributed by atoms with Gasteiger partial charge in [-0.05, 0) is 38.1 Å². The minimum atomic E-state index is -1.72. The van der Waals surface area contributed by atoms with Gasteiger partial charge in [0.1, 0.15) is 24.0 Å². The molecule has 8 heteroatoms. The van der Waals surface area contributed by atoms with Crippen molar-refractivity contribution in [3.05, 3.63) is 52.4 Å². The van der Waals surface area contributed by atoms with Crippen molar-refractivity contribution in [2.75, 3.05) is 6.61 Å². The summed E-state index contributed by atoms with van der Waals surface area (Å²) in [7, 11) is 0. The van der Waals surface area contributed by atoms with Gasteiger partial charge in [0.05, 0.1) is 11.7 Å². The van der Waals surface area contributed by atoms with E-state index >= 15 is 0 Å². The van der Waals surface area contributed by atoms with Crippen molar-refractivity contribution < 1.29 is 34.4 Å². The fourth-order valence-corrected chi connectivity index (χ4v) is 2.46. The summed E-state index contributed by atoms with van der Waals surface area (Å²) in [4.78, 5) is 22.0. The molecule has 0 amide bonds. The summed E-state index contributed by atoms with van der Waals surface area (Å²) < 4.78 is 10.5. The van der Waals surface area contributed by atoms with Crippen molar-refractivity contribution in [3.63, 3.8) is 0 Å². The number of carboxylic acids is 1. The highest BCUT2D eigenvalue weighted by Gasteiger charge is 2.33. The van der Waals surface area contributed by atoms with Crippen LogP contribution in [0.1, 0.15) is 20.3 Å². The Morgan fingerprint density at radius 1 is 1.30 bits per heavy atom. The van der Waals surface area contributed by atoms with Crippen LogP contribution in [0.4, 0.5) is 0 Å². The van der Waals surface area contributed by atoms with Crippen molar-refractivity contribution in [1.82, 2.24) is 0 Å². The molecule has 2 rings (SSSR count). The Morgan fingerprint density at radius 2 is 1.96 bits per heavy atom. The van der Waals surface area contributed by atoms with Crippen LogP contribution in [0.15, 0.2) is 51.2 Å². The standard InChI is InChI=1S/C19H22O8/c1-11(18(23)24)7-13(20)9-19(2,25)16(21)10-26-14-5-3-12-4-6-17(22)27-15(12)8-14/h3-8,13,16,20-21,25H,9-10H2,1-2H3,(H,23,24)/b11-7-/t13?,16-,19?/m1/s1. The van der Waals surface area contributed by atoms with E-state index < -0.39 is 29.4 Å². The van der Waals surface area contributed by atoms with E-state index in [0.717, 1.165) is 6.08 Å². The second-order valence-electron chi connectivity index (χ2n) is 6.56. The first-order valence-corrected chi connectivity index (χ1v) is 8.25. The number of ether oxygens (including phenoxy) is 1. The average molecular weight is 378 g/mol. The predicted octanol–water partition coefficient (Wildman–Crippen LogP) is 1.07. The highest BCUT2D eigenvalue weighted by atomic mass is 16.5. The maximum absolute atomic E-state index is 11.3. The lowest BCUT2D eigenvalue weighted by Gasteiger charge is -2.30. The molecule has 0 spiro atoms. The molecule has 0 fully saturated rings. The zero-order chi connectivity index (χ0) is 20.2. The minimum absolute atomic E-state index is 0.0679. The van der Waals surface area contributed by atoms with Gasteiger partial charge in [-0.2, -0.15) is 0 Å². The topological polar surface area (TPSA) is 137 Å². The number of hydrogen-bond donors (Lipinski definition) is 4. The zero-order valence-electron chi connectivity index (χ0n) is 15.0. The lowest BCUT2D eigenvalue weighted by Crippen LogP contribution is -2.45. The van der Waals surface area contributed by atoms with Gasteiger partial charge in [0.15, 0.2) is 0 Å². The molecule has 0 aliphatic carbocycles. The first kappa shape index (κ1) is 20.6. The van der Waals surface area contributed by atoms with Crippen molar-refractivity contribution in [2.24, 2.45) is 0 Å². The van der Waals surface area contributed by atoms with Gasteiger partial charge in [-0.3, -0.25) is 0 Å². The maximum Gasteiger partial charge on any atom is 0.336 e. The second-order valence-corrected chi connectivity index (χ2v) is 6.56. The van der Waals surface area contributed by atoms with Crippen LogP contribution in [-0.4, -0.2) is 50.8 Å². The van der Waals surface area contributed by atoms with E-state index in [2.05, 4.69) is 0 Å². The first-order chi connectivity index (χ1) is 12.6. The van der Waals surface area contributed by atoms with Crippen molar-refractivity contribution in [3.8, 4) is 5.75 Å². The van der Waals surface area contributed by atoms with Gasteiger partial charge in [-0.25, -0.2) is 9.59 Å². The molecule has 0 aliphatic heterocycles. The van der Waals surface area contributed by atoms with Crippen LogP contribution in [0.3, 0.4) is 0 Å². The number of aliphatic hydroxyl groups excluding tert-OH is 2. The molecule has 27 heavy (non-hydrogen) atoms. The predicted molar refractivity (Wildman–Crippen MR) is 96.6 cm³/mol. The third kappa shape index (κ3) is 5.65. The summed E-state index contributed by atoms with van der Waals surface area (Å²) >= 11 is 0. The summed E-state index contributed by atoms with van der Waals surface area (Å²) in [5.41, 5.74) is -1.97. The van der Waals surface area contributed by atoms with Crippen LogP contribution in [0.25, 0.3) is 11.0 Å². The third-order valence-corrected chi connectivity index (χ3v) is 4.12. The van der Waals surface area contributed by atoms with E-state index in [1.807, 2.05) is 0 Å². The largest absolute Gasteiger partial charge is 0.491 e. The SMILES string of the molecule is C/C(=C/C(O)CC(C)(O)[C@H](O)COc1ccc2ccc(=O)oc2c1)C(=O)O. The molecule has 0 aliphatic rings. The molecule has 0 saturated heterocycles. The van der Waals surface area contributed by atoms with Crippen molar-refractivity contribution in [1.29, 1.82) is 0 Å². The second kappa shape index (κ2) is 8.34. The highest BCUT2D eigenvalue weighted by Crippen LogP contribution is 2.22. The number of benzene rings is 1. The molecule has 146 valence electrons. The van der Waals surface area contributed by atoms with E-state index in [-0.39, 0.29) is 18.6 Å². The monoisotopic (exact) mass is 378 g/mol. The molecule has 0 radical (unpaired) electrons. The molecule has 2 unspecified atom stereocenters. The minimum Gasteiger partial charge on any atom is -0.491 e. The van der Waals surface area contributed by atoms with Gasteiger partial charge < -0.3 is 29.6 Å². The van der Waals surface area contributed by atoms with Crippen molar-refractivity contribution >= 4 is 16.9 Å². The molecule has 1 aromatic carbocycles. The summed E-state index contributed by atoms with van der Waals surface area (Å²) in [5, 5.41) is 40.0. The van der Waals surface area contributed by atoms with E-state index in [1.165, 1.54) is 26.0 Å². The average Bonchev–Trinajstić information content (AvgIpc) is 2.58. The Morgan fingerprint density at radius 3 is 2.63 bits per heavy atom. The van der Waals surface area contributed by atoms with Crippen molar-refractivity contribution in [2.45, 2.75) is 38.1 Å². The molecule has 0 bridgehead atoms. The lowest BCUT2D eigenvalue weighted by molar-refractivity contribution is -0.132. The normalized spacial score (nSPS) is 16.6. The smallest absolute Gasteiger partial charge is 0.336 e. The molecular formula is C19H22O8. The van der Waals surface area contributed by atoms with Gasteiger partial charge in [-0.15, -0.1) is 0 Å². The first-order valence-electron chi connectivity index (χ1n) is 8.25. The molecule has 8 nitrogen and oxygen atoms in total. The quantitative estimate of drug-likeness (QED) is 0.395. The third-order valence-electron chi connectivity index (χ3n) is 4.12. The van der Waals surface area contributed by atoms with E-state index in [9.17, 15) is 24.9 Å². The zero-order valence-corrected chi connectivity index (χ0v) is 15.0. The fraction of sp³-hybridized carbons (Fsp3) is 0.368. The molecular weight excluding hydrogens is 356 g/mol. The number of aliphatic hydroxyl groups is 3. The van der Waals surface area contributed by atoms with Gasteiger partial charge >= 0.3 is 11.6 Å². The maximum atomic E-state index is 11.3. The van der Waals surface area contributed by atoms with Crippen LogP contribution in [0.5, 0.6) is 5.75 Å². The van der Waals surface area contributed by atoms with E-state index in [0.29, 0.717) is 16.7 Å².